The highest BCUT2D eigenvalue weighted by atomic mass is 16.1. The topological polar surface area (TPSA) is 17.1 Å². The zero-order chi connectivity index (χ0) is 11.4. The lowest BCUT2D eigenvalue weighted by Crippen LogP contribution is -2.21. The molecular formula is C14H26O. The molecular weight excluding hydrogens is 184 g/mol. The number of hydrogen-bond donors (Lipinski definition) is 0. The van der Waals surface area contributed by atoms with E-state index < -0.39 is 0 Å². The van der Waals surface area contributed by atoms with Crippen LogP contribution in [0, 0.1) is 23.7 Å². The number of ketones is 1. The van der Waals surface area contributed by atoms with Crippen LogP contribution in [0.2, 0.25) is 0 Å². The normalized spacial score (nSPS) is 31.9. The summed E-state index contributed by atoms with van der Waals surface area (Å²) >= 11 is 0. The van der Waals surface area contributed by atoms with Gasteiger partial charge >= 0.3 is 0 Å². The molecule has 0 heterocycles. The number of rotatable bonds is 4. The predicted octanol–water partition coefficient (Wildman–Crippen LogP) is 4.06. The summed E-state index contributed by atoms with van der Waals surface area (Å²) in [5.41, 5.74) is 0. The summed E-state index contributed by atoms with van der Waals surface area (Å²) < 4.78 is 0. The third-order valence-electron chi connectivity index (χ3n) is 4.15. The molecule has 1 nitrogen and oxygen atoms in total. The summed E-state index contributed by atoms with van der Waals surface area (Å²) in [6.45, 7) is 8.74. The van der Waals surface area contributed by atoms with E-state index in [0.717, 1.165) is 30.6 Å². The van der Waals surface area contributed by atoms with Crippen molar-refractivity contribution in [3.8, 4) is 0 Å². The summed E-state index contributed by atoms with van der Waals surface area (Å²) in [6.07, 6.45) is 5.99. The van der Waals surface area contributed by atoms with E-state index >= 15 is 0 Å². The maximum Gasteiger partial charge on any atom is 0.135 e. The molecule has 1 saturated carbocycles. The quantitative estimate of drug-likeness (QED) is 0.683. The van der Waals surface area contributed by atoms with Gasteiger partial charge in [0.2, 0.25) is 0 Å². The van der Waals surface area contributed by atoms with Crippen LogP contribution in [0.3, 0.4) is 0 Å². The third-order valence-corrected chi connectivity index (χ3v) is 4.15. The Bertz CT molecular complexity index is 207. The molecule has 1 fully saturated rings. The first-order valence-corrected chi connectivity index (χ1v) is 6.53. The molecule has 1 aliphatic carbocycles. The Kier molecular flexibility index (Phi) is 4.82. The van der Waals surface area contributed by atoms with Crippen LogP contribution in [0.5, 0.6) is 0 Å². The highest BCUT2D eigenvalue weighted by Crippen LogP contribution is 2.35. The zero-order valence-corrected chi connectivity index (χ0v) is 10.8. The summed E-state index contributed by atoms with van der Waals surface area (Å²) in [7, 11) is 0. The van der Waals surface area contributed by atoms with Crippen molar-refractivity contribution >= 4 is 5.78 Å². The highest BCUT2D eigenvalue weighted by Gasteiger charge is 2.24. The van der Waals surface area contributed by atoms with Gasteiger partial charge in [0, 0.05) is 12.3 Å². The van der Waals surface area contributed by atoms with Crippen LogP contribution in [-0.2, 0) is 4.79 Å². The monoisotopic (exact) mass is 210 g/mol. The number of Topliss-reactive ketones (excluding diaryl/α,β-unsaturated/α-hetero) is 1. The second-order valence-corrected chi connectivity index (χ2v) is 5.79. The van der Waals surface area contributed by atoms with E-state index in [9.17, 15) is 4.79 Å². The van der Waals surface area contributed by atoms with E-state index in [1.54, 1.807) is 0 Å². The molecule has 0 bridgehead atoms. The zero-order valence-electron chi connectivity index (χ0n) is 10.8. The van der Waals surface area contributed by atoms with Crippen molar-refractivity contribution < 1.29 is 4.79 Å². The minimum absolute atomic E-state index is 0.227. The van der Waals surface area contributed by atoms with Crippen LogP contribution in [0.15, 0.2) is 0 Å². The van der Waals surface area contributed by atoms with Crippen LogP contribution < -0.4 is 0 Å². The first-order valence-electron chi connectivity index (χ1n) is 6.53. The molecule has 0 radical (unpaired) electrons. The van der Waals surface area contributed by atoms with Crippen molar-refractivity contribution in [2.24, 2.45) is 23.7 Å². The summed E-state index contributed by atoms with van der Waals surface area (Å²) in [5, 5.41) is 0. The number of carbonyl (C=O) groups is 1. The van der Waals surface area contributed by atoms with Gasteiger partial charge in [0.05, 0.1) is 0 Å². The fraction of sp³-hybridized carbons (Fsp3) is 0.929. The average Bonchev–Trinajstić information content (AvgIpc) is 2.19. The van der Waals surface area contributed by atoms with Crippen LogP contribution >= 0.6 is 0 Å². The molecule has 0 aromatic rings. The lowest BCUT2D eigenvalue weighted by Gasteiger charge is -2.32. The second-order valence-electron chi connectivity index (χ2n) is 5.79. The molecule has 3 atom stereocenters. The largest absolute Gasteiger partial charge is 0.299 e. The van der Waals surface area contributed by atoms with Gasteiger partial charge in [-0.3, -0.25) is 4.79 Å². The van der Waals surface area contributed by atoms with E-state index in [2.05, 4.69) is 13.8 Å². The molecule has 0 spiro atoms. The van der Waals surface area contributed by atoms with E-state index in [0.29, 0.717) is 5.78 Å². The molecule has 88 valence electrons. The Morgan fingerprint density at radius 2 is 1.87 bits per heavy atom. The van der Waals surface area contributed by atoms with Gasteiger partial charge in [0.15, 0.2) is 0 Å². The molecule has 0 N–H and O–H groups in total. The first kappa shape index (κ1) is 12.7. The van der Waals surface area contributed by atoms with Gasteiger partial charge < -0.3 is 0 Å². The lowest BCUT2D eigenvalue weighted by atomic mass is 9.74. The Hall–Kier alpha value is -0.330. The molecule has 1 aliphatic rings. The summed E-state index contributed by atoms with van der Waals surface area (Å²) in [5.74, 6) is 3.24. The maximum absolute atomic E-state index is 11.5. The second kappa shape index (κ2) is 5.67. The first-order chi connectivity index (χ1) is 7.00. The lowest BCUT2D eigenvalue weighted by molar-refractivity contribution is -0.122. The van der Waals surface area contributed by atoms with Gasteiger partial charge in [-0.15, -0.1) is 0 Å². The van der Waals surface area contributed by atoms with Gasteiger partial charge in [-0.05, 0) is 30.6 Å². The van der Waals surface area contributed by atoms with Crippen LogP contribution in [0.1, 0.15) is 59.8 Å². The minimum atomic E-state index is 0.227. The molecule has 0 saturated heterocycles. The highest BCUT2D eigenvalue weighted by molar-refractivity contribution is 5.80. The maximum atomic E-state index is 11.5. The molecule has 3 unspecified atom stereocenters. The third kappa shape index (κ3) is 3.96. The molecule has 1 heteroatoms. The minimum Gasteiger partial charge on any atom is -0.299 e. The van der Waals surface area contributed by atoms with Gasteiger partial charge in [-0.2, -0.15) is 0 Å². The molecule has 15 heavy (non-hydrogen) atoms. The van der Waals surface area contributed by atoms with Crippen molar-refractivity contribution in [1.82, 2.24) is 0 Å². The van der Waals surface area contributed by atoms with E-state index in [1.165, 1.54) is 19.3 Å². The van der Waals surface area contributed by atoms with E-state index in [-0.39, 0.29) is 5.92 Å². The predicted molar refractivity (Wildman–Crippen MR) is 64.7 cm³/mol. The molecule has 0 aromatic heterocycles. The van der Waals surface area contributed by atoms with Crippen LogP contribution in [0.4, 0.5) is 0 Å². The Labute approximate surface area is 94.6 Å². The van der Waals surface area contributed by atoms with E-state index in [4.69, 9.17) is 0 Å². The van der Waals surface area contributed by atoms with Gasteiger partial charge in [-0.1, -0.05) is 40.5 Å². The standard InChI is InChI=1S/C14H26O/c1-10(2)14(15)8-7-13-6-5-11(3)12(4)9-13/h10-13H,5-9H2,1-4H3. The molecule has 0 aromatic carbocycles. The Morgan fingerprint density at radius 3 is 2.40 bits per heavy atom. The fourth-order valence-corrected chi connectivity index (χ4v) is 2.56. The number of hydrogen-bond acceptors (Lipinski definition) is 1. The van der Waals surface area contributed by atoms with Crippen molar-refractivity contribution in [3.63, 3.8) is 0 Å². The van der Waals surface area contributed by atoms with Gasteiger partial charge in [0.25, 0.3) is 0 Å². The van der Waals surface area contributed by atoms with Crippen LogP contribution in [-0.4, -0.2) is 5.78 Å². The SMILES string of the molecule is CC(C)C(=O)CCC1CCC(C)C(C)C1. The van der Waals surface area contributed by atoms with Crippen molar-refractivity contribution in [3.05, 3.63) is 0 Å². The molecule has 0 amide bonds. The average molecular weight is 210 g/mol. The van der Waals surface area contributed by atoms with E-state index in [1.807, 2.05) is 13.8 Å². The number of carbonyl (C=O) groups excluding carboxylic acids is 1. The smallest absolute Gasteiger partial charge is 0.135 e. The van der Waals surface area contributed by atoms with Crippen molar-refractivity contribution in [1.29, 1.82) is 0 Å². The molecule has 0 aliphatic heterocycles. The van der Waals surface area contributed by atoms with Crippen molar-refractivity contribution in [2.45, 2.75) is 59.8 Å². The Morgan fingerprint density at radius 1 is 1.20 bits per heavy atom. The fourth-order valence-electron chi connectivity index (χ4n) is 2.56. The van der Waals surface area contributed by atoms with Crippen LogP contribution in [0.25, 0.3) is 0 Å². The van der Waals surface area contributed by atoms with Gasteiger partial charge in [0.1, 0.15) is 5.78 Å². The van der Waals surface area contributed by atoms with Gasteiger partial charge in [-0.25, -0.2) is 0 Å². The Balaban J connectivity index is 2.25. The van der Waals surface area contributed by atoms with Crippen molar-refractivity contribution in [2.75, 3.05) is 0 Å². The molecule has 1 rings (SSSR count). The summed E-state index contributed by atoms with van der Waals surface area (Å²) in [4.78, 5) is 11.5. The summed E-state index contributed by atoms with van der Waals surface area (Å²) in [6, 6.07) is 0.